The molecule has 0 amide bonds. The zero-order chi connectivity index (χ0) is 13.0. The summed E-state index contributed by atoms with van der Waals surface area (Å²) in [4.78, 5) is 0. The molecule has 0 spiro atoms. The van der Waals surface area contributed by atoms with Gasteiger partial charge in [-0.2, -0.15) is 0 Å². The second-order valence-electron chi connectivity index (χ2n) is 3.79. The third-order valence-electron chi connectivity index (χ3n) is 2.60. The predicted molar refractivity (Wildman–Crippen MR) is 71.7 cm³/mol. The van der Waals surface area contributed by atoms with Crippen molar-refractivity contribution in [1.82, 2.24) is 0 Å². The van der Waals surface area contributed by atoms with Crippen LogP contribution in [0.2, 0.25) is 5.02 Å². The number of hydrogen-bond acceptors (Lipinski definition) is 2. The fourth-order valence-corrected chi connectivity index (χ4v) is 1.80. The number of methoxy groups -OCH3 is 1. The van der Waals surface area contributed by atoms with E-state index in [0.29, 0.717) is 23.0 Å². The molecule has 18 heavy (non-hydrogen) atoms. The van der Waals surface area contributed by atoms with E-state index in [-0.39, 0.29) is 5.82 Å². The summed E-state index contributed by atoms with van der Waals surface area (Å²) in [6.45, 7) is 0.475. The van der Waals surface area contributed by atoms with Crippen molar-refractivity contribution in [2.45, 2.75) is 6.54 Å². The van der Waals surface area contributed by atoms with Gasteiger partial charge in [-0.15, -0.1) is 0 Å². The Kier molecular flexibility index (Phi) is 4.05. The third-order valence-corrected chi connectivity index (χ3v) is 2.97. The Morgan fingerprint density at radius 3 is 2.67 bits per heavy atom. The van der Waals surface area contributed by atoms with Gasteiger partial charge in [0.25, 0.3) is 0 Å². The molecule has 0 unspecified atom stereocenters. The molecule has 2 rings (SSSR count). The molecule has 2 aromatic rings. The van der Waals surface area contributed by atoms with Crippen LogP contribution < -0.4 is 10.1 Å². The first-order valence-electron chi connectivity index (χ1n) is 5.51. The number of benzene rings is 2. The van der Waals surface area contributed by atoms with Gasteiger partial charge in [0, 0.05) is 17.6 Å². The second kappa shape index (κ2) is 5.74. The van der Waals surface area contributed by atoms with E-state index in [0.717, 1.165) is 5.56 Å². The SMILES string of the molecule is COc1ccc(NCc2ccccc2Cl)c(F)c1. The second-order valence-corrected chi connectivity index (χ2v) is 4.20. The van der Waals surface area contributed by atoms with Gasteiger partial charge >= 0.3 is 0 Å². The Labute approximate surface area is 110 Å². The lowest BCUT2D eigenvalue weighted by molar-refractivity contribution is 0.411. The highest BCUT2D eigenvalue weighted by atomic mass is 35.5. The van der Waals surface area contributed by atoms with E-state index in [2.05, 4.69) is 5.32 Å². The van der Waals surface area contributed by atoms with Crippen molar-refractivity contribution in [3.8, 4) is 5.75 Å². The molecule has 0 fully saturated rings. The van der Waals surface area contributed by atoms with Gasteiger partial charge < -0.3 is 10.1 Å². The van der Waals surface area contributed by atoms with Crippen LogP contribution in [0, 0.1) is 5.82 Å². The Morgan fingerprint density at radius 2 is 2.00 bits per heavy atom. The minimum absolute atomic E-state index is 0.346. The maximum atomic E-state index is 13.7. The van der Waals surface area contributed by atoms with Crippen LogP contribution in [0.1, 0.15) is 5.56 Å². The van der Waals surface area contributed by atoms with Crippen LogP contribution in [0.4, 0.5) is 10.1 Å². The first-order valence-corrected chi connectivity index (χ1v) is 5.89. The fraction of sp³-hybridized carbons (Fsp3) is 0.143. The molecule has 0 heterocycles. The number of ether oxygens (including phenoxy) is 1. The molecule has 4 heteroatoms. The van der Waals surface area contributed by atoms with E-state index in [1.807, 2.05) is 24.3 Å². The van der Waals surface area contributed by atoms with Crippen LogP contribution in [0.25, 0.3) is 0 Å². The van der Waals surface area contributed by atoms with Crippen LogP contribution in [0.5, 0.6) is 5.75 Å². The average molecular weight is 266 g/mol. The van der Waals surface area contributed by atoms with E-state index in [1.165, 1.54) is 13.2 Å². The van der Waals surface area contributed by atoms with Crippen LogP contribution in [-0.4, -0.2) is 7.11 Å². The van der Waals surface area contributed by atoms with Crippen LogP contribution in [0.3, 0.4) is 0 Å². The summed E-state index contributed by atoms with van der Waals surface area (Å²) in [6, 6.07) is 12.2. The maximum absolute atomic E-state index is 13.7. The molecule has 0 bridgehead atoms. The van der Waals surface area contributed by atoms with Gasteiger partial charge in [-0.25, -0.2) is 4.39 Å². The van der Waals surface area contributed by atoms with Crippen molar-refractivity contribution in [2.24, 2.45) is 0 Å². The summed E-state index contributed by atoms with van der Waals surface area (Å²) in [5.74, 6) is 0.150. The quantitative estimate of drug-likeness (QED) is 0.899. The molecule has 0 aliphatic heterocycles. The molecule has 0 aromatic heterocycles. The standard InChI is InChI=1S/C14H13ClFNO/c1-18-11-6-7-14(13(16)8-11)17-9-10-4-2-3-5-12(10)15/h2-8,17H,9H2,1H3. The maximum Gasteiger partial charge on any atom is 0.149 e. The van der Waals surface area contributed by atoms with Gasteiger partial charge in [0.2, 0.25) is 0 Å². The fourth-order valence-electron chi connectivity index (χ4n) is 1.60. The number of hydrogen-bond donors (Lipinski definition) is 1. The lowest BCUT2D eigenvalue weighted by Crippen LogP contribution is -2.02. The molecule has 0 radical (unpaired) electrons. The molecule has 2 nitrogen and oxygen atoms in total. The molecular formula is C14H13ClFNO. The van der Waals surface area contributed by atoms with Crippen molar-refractivity contribution in [3.05, 3.63) is 58.9 Å². The van der Waals surface area contributed by atoms with Crippen LogP contribution in [-0.2, 0) is 6.54 Å². The molecular weight excluding hydrogens is 253 g/mol. The molecule has 94 valence electrons. The summed E-state index contributed by atoms with van der Waals surface area (Å²) < 4.78 is 18.6. The van der Waals surface area contributed by atoms with Gasteiger partial charge in [-0.05, 0) is 23.8 Å². The van der Waals surface area contributed by atoms with E-state index in [1.54, 1.807) is 12.1 Å². The topological polar surface area (TPSA) is 21.3 Å². The molecule has 0 aliphatic rings. The summed E-state index contributed by atoms with van der Waals surface area (Å²) in [5, 5.41) is 3.67. The molecule has 0 aliphatic carbocycles. The molecule has 0 saturated heterocycles. The van der Waals surface area contributed by atoms with Gasteiger partial charge in [0.05, 0.1) is 12.8 Å². The van der Waals surface area contributed by atoms with Crippen molar-refractivity contribution in [1.29, 1.82) is 0 Å². The number of anilines is 1. The molecule has 2 aromatic carbocycles. The third kappa shape index (κ3) is 2.93. The van der Waals surface area contributed by atoms with Gasteiger partial charge in [-0.1, -0.05) is 29.8 Å². The van der Waals surface area contributed by atoms with Crippen LogP contribution >= 0.6 is 11.6 Å². The lowest BCUT2D eigenvalue weighted by Gasteiger charge is -2.09. The largest absolute Gasteiger partial charge is 0.497 e. The Hall–Kier alpha value is -1.74. The highest BCUT2D eigenvalue weighted by molar-refractivity contribution is 6.31. The molecule has 0 atom stereocenters. The predicted octanol–water partition coefficient (Wildman–Crippen LogP) is 4.10. The van der Waals surface area contributed by atoms with E-state index >= 15 is 0 Å². The van der Waals surface area contributed by atoms with Crippen molar-refractivity contribution in [3.63, 3.8) is 0 Å². The first-order chi connectivity index (χ1) is 8.70. The van der Waals surface area contributed by atoms with Gasteiger partial charge in [-0.3, -0.25) is 0 Å². The van der Waals surface area contributed by atoms with Gasteiger partial charge in [0.1, 0.15) is 11.6 Å². The van der Waals surface area contributed by atoms with Crippen molar-refractivity contribution < 1.29 is 9.13 Å². The number of halogens is 2. The van der Waals surface area contributed by atoms with E-state index in [4.69, 9.17) is 16.3 Å². The van der Waals surface area contributed by atoms with E-state index < -0.39 is 0 Å². The zero-order valence-corrected chi connectivity index (χ0v) is 10.7. The van der Waals surface area contributed by atoms with E-state index in [9.17, 15) is 4.39 Å². The van der Waals surface area contributed by atoms with Crippen molar-refractivity contribution >= 4 is 17.3 Å². The summed E-state index contributed by atoms with van der Waals surface area (Å²) in [6.07, 6.45) is 0. The summed E-state index contributed by atoms with van der Waals surface area (Å²) >= 11 is 6.02. The molecule has 0 saturated carbocycles. The minimum atomic E-state index is -0.346. The Bertz CT molecular complexity index is 545. The monoisotopic (exact) mass is 265 g/mol. The number of rotatable bonds is 4. The lowest BCUT2D eigenvalue weighted by atomic mass is 10.2. The molecule has 1 N–H and O–H groups in total. The van der Waals surface area contributed by atoms with Crippen molar-refractivity contribution in [2.75, 3.05) is 12.4 Å². The summed E-state index contributed by atoms with van der Waals surface area (Å²) in [5.41, 5.74) is 1.35. The number of nitrogens with one attached hydrogen (secondary N) is 1. The normalized spacial score (nSPS) is 10.2. The summed E-state index contributed by atoms with van der Waals surface area (Å²) in [7, 11) is 1.51. The van der Waals surface area contributed by atoms with Gasteiger partial charge in [0.15, 0.2) is 0 Å². The zero-order valence-electron chi connectivity index (χ0n) is 9.91. The highest BCUT2D eigenvalue weighted by Crippen LogP contribution is 2.22. The first kappa shape index (κ1) is 12.7. The smallest absolute Gasteiger partial charge is 0.149 e. The highest BCUT2D eigenvalue weighted by Gasteiger charge is 2.04. The average Bonchev–Trinajstić information content (AvgIpc) is 2.39. The Morgan fingerprint density at radius 1 is 1.22 bits per heavy atom. The Balaban J connectivity index is 2.09. The van der Waals surface area contributed by atoms with Crippen LogP contribution in [0.15, 0.2) is 42.5 Å². The minimum Gasteiger partial charge on any atom is -0.497 e.